The zero-order valence-corrected chi connectivity index (χ0v) is 18.3. The summed E-state index contributed by atoms with van der Waals surface area (Å²) in [5.74, 6) is 1.91. The summed E-state index contributed by atoms with van der Waals surface area (Å²) in [6, 6.07) is 8.28. The maximum atomic E-state index is 12.4. The van der Waals surface area contributed by atoms with Crippen LogP contribution in [0.5, 0.6) is 5.75 Å². The number of carbonyl (C=O) groups is 1. The van der Waals surface area contributed by atoms with E-state index in [0.29, 0.717) is 6.04 Å². The van der Waals surface area contributed by atoms with Crippen LogP contribution >= 0.6 is 0 Å². The van der Waals surface area contributed by atoms with E-state index in [-0.39, 0.29) is 11.8 Å². The van der Waals surface area contributed by atoms with Crippen molar-refractivity contribution in [2.45, 2.75) is 45.6 Å². The van der Waals surface area contributed by atoms with Crippen LogP contribution in [0.3, 0.4) is 0 Å². The van der Waals surface area contributed by atoms with E-state index in [1.165, 1.54) is 0 Å². The highest BCUT2D eigenvalue weighted by atomic mass is 16.5. The third-order valence-electron chi connectivity index (χ3n) is 6.39. The fraction of sp³-hybridized carbons (Fsp3) is 0.478. The number of amides is 1. The van der Waals surface area contributed by atoms with Gasteiger partial charge in [0.2, 0.25) is 5.91 Å². The molecule has 8 nitrogen and oxygen atoms in total. The largest absolute Gasteiger partial charge is 0.497 e. The average molecular weight is 421 g/mol. The Morgan fingerprint density at radius 3 is 2.42 bits per heavy atom. The minimum Gasteiger partial charge on any atom is -0.497 e. The van der Waals surface area contributed by atoms with Gasteiger partial charge in [-0.2, -0.15) is 10.2 Å². The summed E-state index contributed by atoms with van der Waals surface area (Å²) in [6.45, 7) is 5.60. The zero-order valence-electron chi connectivity index (χ0n) is 18.3. The quantitative estimate of drug-likeness (QED) is 0.683. The molecule has 2 aromatic heterocycles. The predicted molar refractivity (Wildman–Crippen MR) is 119 cm³/mol. The zero-order chi connectivity index (χ0) is 21.5. The number of rotatable bonds is 5. The second-order valence-electron chi connectivity index (χ2n) is 8.57. The lowest BCUT2D eigenvalue weighted by atomic mass is 9.95. The fourth-order valence-corrected chi connectivity index (χ4v) is 4.40. The number of hydrogen-bond acceptors (Lipinski definition) is 6. The summed E-state index contributed by atoms with van der Waals surface area (Å²) >= 11 is 0. The minimum atomic E-state index is 0.0874. The van der Waals surface area contributed by atoms with Crippen LogP contribution in [0.25, 0.3) is 16.6 Å². The van der Waals surface area contributed by atoms with Crippen LogP contribution in [0, 0.1) is 19.8 Å². The molecule has 1 saturated heterocycles. The summed E-state index contributed by atoms with van der Waals surface area (Å²) in [7, 11) is 1.66. The molecule has 8 heteroatoms. The first-order valence-electron chi connectivity index (χ1n) is 11.0. The van der Waals surface area contributed by atoms with Gasteiger partial charge in [0.15, 0.2) is 5.82 Å². The molecule has 1 aliphatic carbocycles. The molecule has 1 aliphatic heterocycles. The van der Waals surface area contributed by atoms with Crippen molar-refractivity contribution in [3.05, 3.63) is 35.7 Å². The van der Waals surface area contributed by atoms with Gasteiger partial charge in [-0.05, 0) is 63.8 Å². The lowest BCUT2D eigenvalue weighted by molar-refractivity contribution is -0.125. The first-order valence-corrected chi connectivity index (χ1v) is 11.0. The van der Waals surface area contributed by atoms with Crippen LogP contribution in [-0.2, 0) is 4.79 Å². The van der Waals surface area contributed by atoms with Gasteiger partial charge in [0, 0.05) is 25.0 Å². The number of benzene rings is 1. The molecule has 0 atom stereocenters. The number of fused-ring (bicyclic) bond motifs is 1. The molecule has 2 aliphatic rings. The molecule has 1 saturated carbocycles. The highest BCUT2D eigenvalue weighted by molar-refractivity contribution is 5.92. The molecule has 1 amide bonds. The number of methoxy groups -OCH3 is 1. The lowest BCUT2D eigenvalue weighted by Crippen LogP contribution is -2.41. The normalized spacial score (nSPS) is 17.2. The third kappa shape index (κ3) is 3.71. The van der Waals surface area contributed by atoms with Crippen LogP contribution in [-0.4, -0.2) is 52.1 Å². The fourth-order valence-electron chi connectivity index (χ4n) is 4.40. The first kappa shape index (κ1) is 19.8. The SMILES string of the molecule is COc1ccc(-n2nc3c(N4CCC(C(=O)NC5CC5)CC4)nnc(C)c3c2C)cc1. The molecule has 0 bridgehead atoms. The highest BCUT2D eigenvalue weighted by Gasteiger charge is 2.31. The number of ether oxygens (including phenoxy) is 1. The van der Waals surface area contributed by atoms with Crippen molar-refractivity contribution in [2.75, 3.05) is 25.1 Å². The number of aryl methyl sites for hydroxylation is 2. The van der Waals surface area contributed by atoms with Crippen LogP contribution < -0.4 is 15.0 Å². The van der Waals surface area contributed by atoms with Crippen molar-refractivity contribution >= 4 is 22.6 Å². The Morgan fingerprint density at radius 1 is 1.06 bits per heavy atom. The number of piperidine rings is 1. The van der Waals surface area contributed by atoms with Gasteiger partial charge in [-0.25, -0.2) is 4.68 Å². The van der Waals surface area contributed by atoms with E-state index in [1.54, 1.807) is 7.11 Å². The Labute approximate surface area is 181 Å². The number of nitrogens with zero attached hydrogens (tertiary/aromatic N) is 5. The van der Waals surface area contributed by atoms with Gasteiger partial charge in [0.05, 0.1) is 29.6 Å². The van der Waals surface area contributed by atoms with Crippen molar-refractivity contribution in [2.24, 2.45) is 5.92 Å². The maximum absolute atomic E-state index is 12.4. The molecular formula is C23H28N6O2. The Balaban J connectivity index is 1.43. The topological polar surface area (TPSA) is 85.2 Å². The monoisotopic (exact) mass is 420 g/mol. The van der Waals surface area contributed by atoms with Crippen molar-refractivity contribution in [3.8, 4) is 11.4 Å². The van der Waals surface area contributed by atoms with E-state index in [9.17, 15) is 4.79 Å². The molecule has 2 fully saturated rings. The molecule has 0 spiro atoms. The third-order valence-corrected chi connectivity index (χ3v) is 6.39. The van der Waals surface area contributed by atoms with E-state index in [4.69, 9.17) is 9.84 Å². The van der Waals surface area contributed by atoms with Gasteiger partial charge in [-0.1, -0.05) is 0 Å². The van der Waals surface area contributed by atoms with Gasteiger partial charge in [-0.15, -0.1) is 5.10 Å². The number of carbonyl (C=O) groups excluding carboxylic acids is 1. The molecule has 31 heavy (non-hydrogen) atoms. The van der Waals surface area contributed by atoms with Gasteiger partial charge in [0.25, 0.3) is 0 Å². The van der Waals surface area contributed by atoms with E-state index in [1.807, 2.05) is 35.9 Å². The van der Waals surface area contributed by atoms with Crippen LogP contribution in [0.15, 0.2) is 24.3 Å². The molecule has 1 aromatic carbocycles. The van der Waals surface area contributed by atoms with Gasteiger partial charge in [-0.3, -0.25) is 4.79 Å². The molecule has 0 radical (unpaired) electrons. The second kappa shape index (κ2) is 7.83. The smallest absolute Gasteiger partial charge is 0.223 e. The second-order valence-corrected chi connectivity index (χ2v) is 8.57. The molecule has 162 valence electrons. The Bertz CT molecular complexity index is 1110. The average Bonchev–Trinajstić information content (AvgIpc) is 3.54. The molecule has 5 rings (SSSR count). The summed E-state index contributed by atoms with van der Waals surface area (Å²) in [5, 5.41) is 18.1. The molecule has 3 aromatic rings. The molecule has 0 unspecified atom stereocenters. The van der Waals surface area contributed by atoms with Crippen molar-refractivity contribution in [1.29, 1.82) is 0 Å². The molecule has 3 heterocycles. The first-order chi connectivity index (χ1) is 15.0. The van der Waals surface area contributed by atoms with Gasteiger partial charge in [0.1, 0.15) is 11.3 Å². The van der Waals surface area contributed by atoms with Crippen LogP contribution in [0.1, 0.15) is 37.1 Å². The Kier molecular flexibility index (Phi) is 5.00. The lowest BCUT2D eigenvalue weighted by Gasteiger charge is -2.32. The summed E-state index contributed by atoms with van der Waals surface area (Å²) in [4.78, 5) is 14.6. The van der Waals surface area contributed by atoms with Gasteiger partial charge < -0.3 is 15.0 Å². The van der Waals surface area contributed by atoms with E-state index >= 15 is 0 Å². The number of aromatic nitrogens is 4. The van der Waals surface area contributed by atoms with Crippen LogP contribution in [0.4, 0.5) is 5.82 Å². The van der Waals surface area contributed by atoms with Crippen molar-refractivity contribution in [3.63, 3.8) is 0 Å². The van der Waals surface area contributed by atoms with E-state index in [2.05, 4.69) is 27.3 Å². The van der Waals surface area contributed by atoms with Crippen molar-refractivity contribution < 1.29 is 9.53 Å². The number of nitrogens with one attached hydrogen (secondary N) is 1. The van der Waals surface area contributed by atoms with Gasteiger partial charge >= 0.3 is 0 Å². The van der Waals surface area contributed by atoms with Crippen molar-refractivity contribution in [1.82, 2.24) is 25.3 Å². The Morgan fingerprint density at radius 2 is 1.77 bits per heavy atom. The van der Waals surface area contributed by atoms with Crippen LogP contribution in [0.2, 0.25) is 0 Å². The standard InChI is InChI=1S/C23H28N6O2/c1-14-20-15(2)29(18-6-8-19(31-3)9-7-18)27-21(20)22(26-25-14)28-12-10-16(11-13-28)23(30)24-17-4-5-17/h6-9,16-17H,4-5,10-13H2,1-3H3,(H,24,30). The highest BCUT2D eigenvalue weighted by Crippen LogP contribution is 2.32. The predicted octanol–water partition coefficient (Wildman–Crippen LogP) is 2.94. The Hall–Kier alpha value is -3.16. The summed E-state index contributed by atoms with van der Waals surface area (Å²) in [6.07, 6.45) is 3.90. The van der Waals surface area contributed by atoms with E-state index < -0.39 is 0 Å². The molecular weight excluding hydrogens is 392 g/mol. The van der Waals surface area contributed by atoms with E-state index in [0.717, 1.165) is 78.3 Å². The summed E-state index contributed by atoms with van der Waals surface area (Å²) in [5.41, 5.74) is 3.74. The number of hydrogen-bond donors (Lipinski definition) is 1. The molecule has 1 N–H and O–H groups in total. The summed E-state index contributed by atoms with van der Waals surface area (Å²) < 4.78 is 7.22. The minimum absolute atomic E-state index is 0.0874. The maximum Gasteiger partial charge on any atom is 0.223 e. The number of anilines is 1.